The van der Waals surface area contributed by atoms with Gasteiger partial charge in [0.1, 0.15) is 17.4 Å². The van der Waals surface area contributed by atoms with Crippen LogP contribution in [0.15, 0.2) is 42.0 Å². The van der Waals surface area contributed by atoms with Gasteiger partial charge in [0, 0.05) is 11.8 Å². The zero-order chi connectivity index (χ0) is 20.0. The molecule has 0 aliphatic carbocycles. The maximum atomic E-state index is 12.3. The van der Waals surface area contributed by atoms with Gasteiger partial charge in [-0.1, -0.05) is 0 Å². The number of carbonyl (C=O) groups excluding carboxylic acids is 1. The van der Waals surface area contributed by atoms with Crippen LogP contribution in [0.25, 0.3) is 6.08 Å². The average molecular weight is 479 g/mol. The molecule has 9 heteroatoms. The predicted molar refractivity (Wildman–Crippen MR) is 108 cm³/mol. The second kappa shape index (κ2) is 9.00. The number of ether oxygens (including phenoxy) is 2. The number of nitriles is 1. The summed E-state index contributed by atoms with van der Waals surface area (Å²) in [5, 5.41) is 23.1. The first-order valence-corrected chi connectivity index (χ1v) is 8.56. The zero-order valence-corrected chi connectivity index (χ0v) is 16.5. The summed E-state index contributed by atoms with van der Waals surface area (Å²) < 4.78 is 10.6. The van der Waals surface area contributed by atoms with Gasteiger partial charge in [0.2, 0.25) is 5.75 Å². The fourth-order valence-electron chi connectivity index (χ4n) is 2.21. The maximum absolute atomic E-state index is 12.3. The van der Waals surface area contributed by atoms with E-state index in [1.54, 1.807) is 30.3 Å². The number of carbonyl (C=O) groups is 1. The zero-order valence-electron chi connectivity index (χ0n) is 14.4. The van der Waals surface area contributed by atoms with Gasteiger partial charge in [0.15, 0.2) is 0 Å². The summed E-state index contributed by atoms with van der Waals surface area (Å²) in [7, 11) is 2.86. The van der Waals surface area contributed by atoms with Gasteiger partial charge in [-0.25, -0.2) is 0 Å². The van der Waals surface area contributed by atoms with E-state index in [1.165, 1.54) is 26.4 Å². The number of rotatable bonds is 6. The lowest BCUT2D eigenvalue weighted by atomic mass is 10.1. The van der Waals surface area contributed by atoms with E-state index < -0.39 is 10.8 Å². The van der Waals surface area contributed by atoms with Crippen LogP contribution in [-0.2, 0) is 4.79 Å². The molecule has 0 spiro atoms. The molecule has 0 radical (unpaired) electrons. The molecule has 0 aromatic heterocycles. The minimum Gasteiger partial charge on any atom is -0.497 e. The van der Waals surface area contributed by atoms with Gasteiger partial charge in [0.05, 0.1) is 22.7 Å². The van der Waals surface area contributed by atoms with Gasteiger partial charge in [0.25, 0.3) is 5.91 Å². The molecular weight excluding hydrogens is 465 g/mol. The van der Waals surface area contributed by atoms with Crippen LogP contribution in [0.5, 0.6) is 11.5 Å². The van der Waals surface area contributed by atoms with Crippen molar-refractivity contribution in [3.63, 3.8) is 0 Å². The number of nitrogens with one attached hydrogen (secondary N) is 1. The molecule has 138 valence electrons. The van der Waals surface area contributed by atoms with Gasteiger partial charge < -0.3 is 14.8 Å². The Morgan fingerprint density at radius 2 is 1.93 bits per heavy atom. The van der Waals surface area contributed by atoms with E-state index in [9.17, 15) is 20.2 Å². The lowest BCUT2D eigenvalue weighted by molar-refractivity contribution is -0.385. The Hall–Kier alpha value is -3.13. The van der Waals surface area contributed by atoms with Crippen LogP contribution in [0.4, 0.5) is 11.4 Å². The summed E-state index contributed by atoms with van der Waals surface area (Å²) in [5.41, 5.74) is 0.384. The number of nitrogens with zero attached hydrogens (tertiary/aromatic N) is 2. The minimum atomic E-state index is -0.629. The molecule has 27 heavy (non-hydrogen) atoms. The molecule has 1 amide bonds. The summed E-state index contributed by atoms with van der Waals surface area (Å²) in [6.07, 6.45) is 1.29. The molecule has 0 aliphatic heterocycles. The highest BCUT2D eigenvalue weighted by molar-refractivity contribution is 14.1. The van der Waals surface area contributed by atoms with Gasteiger partial charge in [-0.05, 0) is 64.6 Å². The number of methoxy groups -OCH3 is 2. The molecule has 0 bridgehead atoms. The summed E-state index contributed by atoms with van der Waals surface area (Å²) in [4.78, 5) is 23.0. The quantitative estimate of drug-likeness (QED) is 0.222. The number of halogens is 1. The van der Waals surface area contributed by atoms with Crippen LogP contribution in [-0.4, -0.2) is 25.1 Å². The highest BCUT2D eigenvalue weighted by atomic mass is 127. The second-order valence-corrected chi connectivity index (χ2v) is 6.33. The molecule has 2 rings (SSSR count). The predicted octanol–water partition coefficient (Wildman–Crippen LogP) is 3.76. The van der Waals surface area contributed by atoms with Crippen molar-refractivity contribution in [3.05, 3.63) is 61.2 Å². The molecule has 0 saturated carbocycles. The number of hydrogen-bond acceptors (Lipinski definition) is 6. The Bertz CT molecular complexity index is 949. The van der Waals surface area contributed by atoms with Crippen LogP contribution in [0, 0.1) is 25.0 Å². The van der Waals surface area contributed by atoms with Gasteiger partial charge >= 0.3 is 5.69 Å². The Balaban J connectivity index is 2.33. The molecular formula is C18H14IN3O5. The Labute approximate surface area is 168 Å². The lowest BCUT2D eigenvalue weighted by Gasteiger charge is -2.07. The molecule has 0 heterocycles. The topological polar surface area (TPSA) is 114 Å². The summed E-state index contributed by atoms with van der Waals surface area (Å²) in [5.74, 6) is 0.124. The van der Waals surface area contributed by atoms with E-state index in [0.717, 1.165) is 0 Å². The Kier molecular flexibility index (Phi) is 6.73. The molecule has 2 aromatic carbocycles. The van der Waals surface area contributed by atoms with Crippen LogP contribution in [0.1, 0.15) is 5.56 Å². The highest BCUT2D eigenvalue weighted by Crippen LogP contribution is 2.34. The third kappa shape index (κ3) is 4.95. The van der Waals surface area contributed by atoms with E-state index in [-0.39, 0.29) is 17.0 Å². The molecule has 0 saturated heterocycles. The van der Waals surface area contributed by atoms with E-state index in [0.29, 0.717) is 20.6 Å². The van der Waals surface area contributed by atoms with Crippen molar-refractivity contribution >= 4 is 45.9 Å². The normalized spacial score (nSPS) is 10.7. The van der Waals surface area contributed by atoms with E-state index >= 15 is 0 Å². The number of hydrogen-bond donors (Lipinski definition) is 1. The SMILES string of the molecule is COc1ccc(NC(=O)/C(C#N)=C\c2cc(I)c(OC)c([N+](=O)[O-])c2)cc1. The fraction of sp³-hybridized carbons (Fsp3) is 0.111. The van der Waals surface area contributed by atoms with Crippen molar-refractivity contribution in [1.29, 1.82) is 5.26 Å². The molecule has 2 aromatic rings. The lowest BCUT2D eigenvalue weighted by Crippen LogP contribution is -2.13. The molecule has 0 aliphatic rings. The number of nitro groups is 1. The maximum Gasteiger partial charge on any atom is 0.312 e. The smallest absolute Gasteiger partial charge is 0.312 e. The van der Waals surface area contributed by atoms with Crippen molar-refractivity contribution in [2.45, 2.75) is 0 Å². The minimum absolute atomic E-state index is 0.124. The highest BCUT2D eigenvalue weighted by Gasteiger charge is 2.20. The summed E-state index contributed by atoms with van der Waals surface area (Å²) in [6, 6.07) is 11.2. The summed E-state index contributed by atoms with van der Waals surface area (Å²) >= 11 is 1.89. The largest absolute Gasteiger partial charge is 0.497 e. The first-order chi connectivity index (χ1) is 12.9. The van der Waals surface area contributed by atoms with Gasteiger partial charge in [-0.2, -0.15) is 5.26 Å². The molecule has 8 nitrogen and oxygen atoms in total. The molecule has 0 unspecified atom stereocenters. The standard InChI is InChI=1S/C18H14IN3O5/c1-26-14-5-3-13(4-6-14)21-18(23)12(10-20)7-11-8-15(19)17(27-2)16(9-11)22(24)25/h3-9H,1-2H3,(H,21,23)/b12-7-. The second-order valence-electron chi connectivity index (χ2n) is 5.16. The first kappa shape index (κ1) is 20.2. The van der Waals surface area contributed by atoms with Crippen molar-refractivity contribution < 1.29 is 19.2 Å². The number of benzene rings is 2. The van der Waals surface area contributed by atoms with Crippen LogP contribution < -0.4 is 14.8 Å². The van der Waals surface area contributed by atoms with Crippen molar-refractivity contribution in [1.82, 2.24) is 0 Å². The number of amides is 1. The van der Waals surface area contributed by atoms with Crippen molar-refractivity contribution in [2.75, 3.05) is 19.5 Å². The van der Waals surface area contributed by atoms with Crippen LogP contribution in [0.2, 0.25) is 0 Å². The first-order valence-electron chi connectivity index (χ1n) is 7.48. The van der Waals surface area contributed by atoms with Crippen molar-refractivity contribution in [2.24, 2.45) is 0 Å². The number of anilines is 1. The average Bonchev–Trinajstić information content (AvgIpc) is 2.66. The molecule has 0 fully saturated rings. The monoisotopic (exact) mass is 479 g/mol. The van der Waals surface area contributed by atoms with Crippen LogP contribution in [0.3, 0.4) is 0 Å². The van der Waals surface area contributed by atoms with E-state index in [4.69, 9.17) is 9.47 Å². The summed E-state index contributed by atoms with van der Waals surface area (Å²) in [6.45, 7) is 0. The Morgan fingerprint density at radius 1 is 1.26 bits per heavy atom. The third-order valence-corrected chi connectivity index (χ3v) is 4.27. The number of nitro benzene ring substituents is 1. The Morgan fingerprint density at radius 3 is 2.44 bits per heavy atom. The van der Waals surface area contributed by atoms with E-state index in [2.05, 4.69) is 5.32 Å². The van der Waals surface area contributed by atoms with Gasteiger partial charge in [-0.3, -0.25) is 14.9 Å². The third-order valence-electron chi connectivity index (χ3n) is 3.47. The van der Waals surface area contributed by atoms with E-state index in [1.807, 2.05) is 28.7 Å². The fourth-order valence-corrected chi connectivity index (χ4v) is 3.06. The molecule has 0 atom stereocenters. The van der Waals surface area contributed by atoms with Gasteiger partial charge in [-0.15, -0.1) is 0 Å². The molecule has 1 N–H and O–H groups in total. The van der Waals surface area contributed by atoms with Crippen LogP contribution >= 0.6 is 22.6 Å². The van der Waals surface area contributed by atoms with Crippen molar-refractivity contribution in [3.8, 4) is 17.6 Å².